The molecule has 0 bridgehead atoms. The Morgan fingerprint density at radius 1 is 1.20 bits per heavy atom. The number of benzene rings is 1. The van der Waals surface area contributed by atoms with E-state index in [1.807, 2.05) is 44.2 Å². The molecule has 0 aliphatic carbocycles. The van der Waals surface area contributed by atoms with Crippen LogP contribution in [0, 0.1) is 13.8 Å². The maximum Gasteiger partial charge on any atom is 0.225 e. The number of anilines is 1. The molecule has 0 saturated carbocycles. The molecule has 2 N–H and O–H groups in total. The quantitative estimate of drug-likeness (QED) is 0.633. The molecular weight excluding hydrogens is 398 g/mol. The van der Waals surface area contributed by atoms with Gasteiger partial charge in [0.25, 0.3) is 0 Å². The van der Waals surface area contributed by atoms with Gasteiger partial charge in [0.05, 0.1) is 34.3 Å². The fourth-order valence-electron chi connectivity index (χ4n) is 3.68. The van der Waals surface area contributed by atoms with Gasteiger partial charge >= 0.3 is 0 Å². The number of hydrogen-bond acceptors (Lipinski definition) is 7. The van der Waals surface area contributed by atoms with Gasteiger partial charge in [0.1, 0.15) is 0 Å². The van der Waals surface area contributed by atoms with Crippen LogP contribution in [0.3, 0.4) is 0 Å². The Balaban J connectivity index is 1.36. The number of amides is 1. The van der Waals surface area contributed by atoms with Crippen LogP contribution in [0.15, 0.2) is 36.5 Å². The van der Waals surface area contributed by atoms with Crippen LogP contribution in [0.4, 0.5) is 5.95 Å². The van der Waals surface area contributed by atoms with Gasteiger partial charge in [-0.1, -0.05) is 24.3 Å². The van der Waals surface area contributed by atoms with Gasteiger partial charge < -0.3 is 15.3 Å². The molecule has 3 aromatic rings. The second kappa shape index (κ2) is 8.89. The van der Waals surface area contributed by atoms with E-state index in [1.165, 1.54) is 0 Å². The zero-order valence-corrected chi connectivity index (χ0v) is 17.9. The van der Waals surface area contributed by atoms with Crippen molar-refractivity contribution in [3.8, 4) is 10.6 Å². The molecule has 1 unspecified atom stereocenters. The molecule has 1 aromatic carbocycles. The van der Waals surface area contributed by atoms with E-state index in [9.17, 15) is 4.79 Å². The van der Waals surface area contributed by atoms with Crippen molar-refractivity contribution < 1.29 is 9.90 Å². The van der Waals surface area contributed by atoms with Crippen molar-refractivity contribution in [2.75, 3.05) is 18.0 Å². The van der Waals surface area contributed by atoms with Crippen molar-refractivity contribution in [3.05, 3.63) is 58.4 Å². The average molecular weight is 424 g/mol. The zero-order valence-electron chi connectivity index (χ0n) is 17.1. The molecule has 0 spiro atoms. The molecule has 4 rings (SSSR count). The maximum atomic E-state index is 12.4. The summed E-state index contributed by atoms with van der Waals surface area (Å²) >= 11 is 1.64. The smallest absolute Gasteiger partial charge is 0.225 e. The Hall–Kier alpha value is -2.84. The standard InChI is InChI=1S/C22H25N5O2S/c1-14-21(30-15(2)24-14)19-7-9-23-22(26-19)27-10-8-18(12-27)25-20(29)11-16-3-5-17(13-28)6-4-16/h3-7,9,18,28H,8,10-13H2,1-2H3,(H,25,29). The molecule has 156 valence electrons. The third-order valence-electron chi connectivity index (χ3n) is 5.19. The van der Waals surface area contributed by atoms with E-state index in [-0.39, 0.29) is 18.6 Å². The number of aliphatic hydroxyl groups is 1. The van der Waals surface area contributed by atoms with Crippen LogP contribution in [0.1, 0.15) is 28.2 Å². The Labute approximate surface area is 179 Å². The normalized spacial score (nSPS) is 16.1. The monoisotopic (exact) mass is 423 g/mol. The van der Waals surface area contributed by atoms with E-state index in [2.05, 4.69) is 20.2 Å². The fraction of sp³-hybridized carbons (Fsp3) is 0.364. The summed E-state index contributed by atoms with van der Waals surface area (Å²) in [6.07, 6.45) is 2.98. The SMILES string of the molecule is Cc1nc(C)c(-c2ccnc(N3CCC(NC(=O)Cc4ccc(CO)cc4)C3)n2)s1. The van der Waals surface area contributed by atoms with Crippen LogP contribution in [0.5, 0.6) is 0 Å². The summed E-state index contributed by atoms with van der Waals surface area (Å²) < 4.78 is 0. The van der Waals surface area contributed by atoms with E-state index in [4.69, 9.17) is 10.1 Å². The van der Waals surface area contributed by atoms with Gasteiger partial charge in [-0.05, 0) is 37.5 Å². The fourth-order valence-corrected chi connectivity index (χ4v) is 4.57. The van der Waals surface area contributed by atoms with Crippen molar-refractivity contribution in [1.82, 2.24) is 20.3 Å². The maximum absolute atomic E-state index is 12.4. The van der Waals surface area contributed by atoms with Crippen molar-refractivity contribution in [3.63, 3.8) is 0 Å². The third kappa shape index (κ3) is 4.66. The number of rotatable bonds is 6. The molecule has 8 heteroatoms. The summed E-state index contributed by atoms with van der Waals surface area (Å²) in [5.41, 5.74) is 3.66. The van der Waals surface area contributed by atoms with E-state index < -0.39 is 0 Å². The number of aliphatic hydroxyl groups excluding tert-OH is 1. The second-order valence-electron chi connectivity index (χ2n) is 7.54. The molecular formula is C22H25N5O2S. The van der Waals surface area contributed by atoms with Crippen LogP contribution < -0.4 is 10.2 Å². The largest absolute Gasteiger partial charge is 0.392 e. The summed E-state index contributed by atoms with van der Waals surface area (Å²) in [5, 5.41) is 13.3. The third-order valence-corrected chi connectivity index (χ3v) is 6.28. The summed E-state index contributed by atoms with van der Waals surface area (Å²) in [6.45, 7) is 5.51. The molecule has 1 amide bonds. The molecule has 2 aromatic heterocycles. The van der Waals surface area contributed by atoms with E-state index in [0.717, 1.165) is 45.4 Å². The average Bonchev–Trinajstić information content (AvgIpc) is 3.34. The predicted molar refractivity (Wildman–Crippen MR) is 117 cm³/mol. The van der Waals surface area contributed by atoms with Crippen LogP contribution >= 0.6 is 11.3 Å². The van der Waals surface area contributed by atoms with Crippen molar-refractivity contribution >= 4 is 23.2 Å². The molecule has 3 heterocycles. The van der Waals surface area contributed by atoms with Gasteiger partial charge in [0.2, 0.25) is 11.9 Å². The zero-order chi connectivity index (χ0) is 21.1. The minimum absolute atomic E-state index is 0.00373. The van der Waals surface area contributed by atoms with Gasteiger partial charge in [0.15, 0.2) is 0 Å². The number of hydrogen-bond donors (Lipinski definition) is 2. The highest BCUT2D eigenvalue weighted by Crippen LogP contribution is 2.29. The second-order valence-corrected chi connectivity index (χ2v) is 8.74. The lowest BCUT2D eigenvalue weighted by molar-refractivity contribution is -0.121. The topological polar surface area (TPSA) is 91.2 Å². The lowest BCUT2D eigenvalue weighted by Gasteiger charge is -2.17. The predicted octanol–water partition coefficient (Wildman–Crippen LogP) is 2.65. The first kappa shape index (κ1) is 20.4. The molecule has 1 atom stereocenters. The van der Waals surface area contributed by atoms with Crippen LogP contribution in [0.25, 0.3) is 10.6 Å². The molecule has 1 aliphatic heterocycles. The highest BCUT2D eigenvalue weighted by molar-refractivity contribution is 7.15. The lowest BCUT2D eigenvalue weighted by atomic mass is 10.1. The highest BCUT2D eigenvalue weighted by atomic mass is 32.1. The van der Waals surface area contributed by atoms with Gasteiger partial charge in [-0.3, -0.25) is 4.79 Å². The molecule has 1 aliphatic rings. The van der Waals surface area contributed by atoms with Crippen molar-refractivity contribution in [1.29, 1.82) is 0 Å². The number of aromatic nitrogens is 3. The van der Waals surface area contributed by atoms with Crippen LogP contribution in [-0.4, -0.2) is 45.1 Å². The van der Waals surface area contributed by atoms with E-state index in [0.29, 0.717) is 18.9 Å². The van der Waals surface area contributed by atoms with Crippen LogP contribution in [-0.2, 0) is 17.8 Å². The highest BCUT2D eigenvalue weighted by Gasteiger charge is 2.26. The molecule has 30 heavy (non-hydrogen) atoms. The van der Waals surface area contributed by atoms with Gasteiger partial charge in [-0.2, -0.15) is 0 Å². The Morgan fingerprint density at radius 3 is 2.67 bits per heavy atom. The Bertz CT molecular complexity index is 1030. The molecule has 0 radical (unpaired) electrons. The first-order valence-corrected chi connectivity index (χ1v) is 10.8. The first-order valence-electron chi connectivity index (χ1n) is 10.0. The summed E-state index contributed by atoms with van der Waals surface area (Å²) in [4.78, 5) is 29.3. The lowest BCUT2D eigenvalue weighted by Crippen LogP contribution is -2.38. The van der Waals surface area contributed by atoms with Gasteiger partial charge in [-0.15, -0.1) is 11.3 Å². The summed E-state index contributed by atoms with van der Waals surface area (Å²) in [6, 6.07) is 9.45. The van der Waals surface area contributed by atoms with E-state index in [1.54, 1.807) is 17.5 Å². The number of carbonyl (C=O) groups is 1. The first-order chi connectivity index (χ1) is 14.5. The van der Waals surface area contributed by atoms with Crippen molar-refractivity contribution in [2.45, 2.75) is 39.3 Å². The number of nitrogens with zero attached hydrogens (tertiary/aromatic N) is 4. The van der Waals surface area contributed by atoms with Gasteiger partial charge in [-0.25, -0.2) is 15.0 Å². The molecule has 1 fully saturated rings. The number of thiazole rings is 1. The van der Waals surface area contributed by atoms with Gasteiger partial charge in [0, 0.05) is 25.3 Å². The van der Waals surface area contributed by atoms with Crippen LogP contribution in [0.2, 0.25) is 0 Å². The number of aryl methyl sites for hydroxylation is 2. The summed E-state index contributed by atoms with van der Waals surface area (Å²) in [5.74, 6) is 0.693. The number of nitrogens with one attached hydrogen (secondary N) is 1. The Morgan fingerprint density at radius 2 is 1.97 bits per heavy atom. The molecule has 1 saturated heterocycles. The number of carbonyl (C=O) groups excluding carboxylic acids is 1. The Kier molecular flexibility index (Phi) is 6.06. The minimum Gasteiger partial charge on any atom is -0.392 e. The summed E-state index contributed by atoms with van der Waals surface area (Å²) in [7, 11) is 0. The van der Waals surface area contributed by atoms with Crippen molar-refractivity contribution in [2.24, 2.45) is 0 Å². The minimum atomic E-state index is 0.00373. The molecule has 7 nitrogen and oxygen atoms in total. The van der Waals surface area contributed by atoms with E-state index >= 15 is 0 Å².